The second-order valence-electron chi connectivity index (χ2n) is 6.45. The van der Waals surface area contributed by atoms with Gasteiger partial charge in [0, 0.05) is 19.6 Å². The van der Waals surface area contributed by atoms with Gasteiger partial charge in [-0.05, 0) is 58.5 Å². The zero-order valence-corrected chi connectivity index (χ0v) is 15.4. The molecule has 2 aromatic carbocycles. The molecule has 3 heteroatoms. The first-order chi connectivity index (χ1) is 12.3. The highest BCUT2D eigenvalue weighted by molar-refractivity contribution is 7.07. The third kappa shape index (κ3) is 5.82. The molecule has 0 unspecified atom stereocenters. The molecule has 0 aliphatic rings. The molecule has 0 saturated heterocycles. The zero-order chi connectivity index (χ0) is 17.3. The van der Waals surface area contributed by atoms with Gasteiger partial charge in [0.15, 0.2) is 0 Å². The van der Waals surface area contributed by atoms with Crippen LogP contribution in [0.1, 0.15) is 28.7 Å². The van der Waals surface area contributed by atoms with Crippen LogP contribution in [0.3, 0.4) is 0 Å². The molecule has 0 atom stereocenters. The molecule has 0 amide bonds. The molecule has 3 rings (SSSR count). The minimum absolute atomic E-state index is 0.607. The van der Waals surface area contributed by atoms with Gasteiger partial charge in [0.05, 0.1) is 0 Å². The van der Waals surface area contributed by atoms with E-state index < -0.39 is 0 Å². The number of thiophene rings is 1. The fourth-order valence-electron chi connectivity index (χ4n) is 3.05. The summed E-state index contributed by atoms with van der Waals surface area (Å²) >= 11 is 1.77. The Morgan fingerprint density at radius 1 is 0.760 bits per heavy atom. The normalized spacial score (nSPS) is 11.1. The lowest BCUT2D eigenvalue weighted by atomic mass is 10.1. The minimum atomic E-state index is 0.607. The molecule has 2 nitrogen and oxygen atoms in total. The van der Waals surface area contributed by atoms with Crippen molar-refractivity contribution in [2.45, 2.75) is 32.5 Å². The van der Waals surface area contributed by atoms with Crippen LogP contribution in [0.5, 0.6) is 0 Å². The quantitative estimate of drug-likeness (QED) is 0.598. The predicted octanol–water partition coefficient (Wildman–Crippen LogP) is 4.84. The first-order valence-corrected chi connectivity index (χ1v) is 9.83. The van der Waals surface area contributed by atoms with Gasteiger partial charge in [0.25, 0.3) is 0 Å². The van der Waals surface area contributed by atoms with Crippen LogP contribution in [0.15, 0.2) is 71.4 Å². The number of hydrogen-bond acceptors (Lipinski definition) is 3. The Hall–Kier alpha value is -1.94. The van der Waals surface area contributed by atoms with Gasteiger partial charge in [-0.2, -0.15) is 11.3 Å². The Morgan fingerprint density at radius 2 is 1.48 bits per heavy atom. The van der Waals surface area contributed by atoms with Crippen LogP contribution in [-0.4, -0.2) is 11.4 Å². The number of aryl methyl sites for hydroxylation is 1. The van der Waals surface area contributed by atoms with Crippen molar-refractivity contribution in [2.24, 2.45) is 5.73 Å². The van der Waals surface area contributed by atoms with E-state index in [9.17, 15) is 0 Å². The van der Waals surface area contributed by atoms with Gasteiger partial charge < -0.3 is 5.73 Å². The highest BCUT2D eigenvalue weighted by Crippen LogP contribution is 2.15. The number of nitrogens with zero attached hydrogens (tertiary/aromatic N) is 1. The fraction of sp³-hybridized carbons (Fsp3) is 0.273. The number of nitrogens with two attached hydrogens (primary N) is 1. The van der Waals surface area contributed by atoms with E-state index in [1.807, 2.05) is 0 Å². The summed E-state index contributed by atoms with van der Waals surface area (Å²) in [6.45, 7) is 3.70. The SMILES string of the molecule is NCc1ccc(CN(CCCc2ccccc2)Cc2ccsc2)cc1. The smallest absolute Gasteiger partial charge is 0.0245 e. The summed E-state index contributed by atoms with van der Waals surface area (Å²) in [5.41, 5.74) is 11.1. The van der Waals surface area contributed by atoms with Gasteiger partial charge in [-0.25, -0.2) is 0 Å². The van der Waals surface area contributed by atoms with E-state index in [0.717, 1.165) is 26.1 Å². The van der Waals surface area contributed by atoms with E-state index >= 15 is 0 Å². The van der Waals surface area contributed by atoms with Crippen LogP contribution in [-0.2, 0) is 26.1 Å². The Morgan fingerprint density at radius 3 is 2.16 bits per heavy atom. The van der Waals surface area contributed by atoms with Crippen molar-refractivity contribution in [3.63, 3.8) is 0 Å². The Labute approximate surface area is 154 Å². The lowest BCUT2D eigenvalue weighted by molar-refractivity contribution is 0.254. The lowest BCUT2D eigenvalue weighted by Gasteiger charge is -2.22. The van der Waals surface area contributed by atoms with Crippen LogP contribution < -0.4 is 5.73 Å². The van der Waals surface area contributed by atoms with E-state index in [1.165, 1.54) is 28.7 Å². The summed E-state index contributed by atoms with van der Waals surface area (Å²) in [6.07, 6.45) is 2.31. The van der Waals surface area contributed by atoms with Crippen molar-refractivity contribution in [2.75, 3.05) is 6.54 Å². The van der Waals surface area contributed by atoms with E-state index in [2.05, 4.69) is 76.3 Å². The van der Waals surface area contributed by atoms with Crippen molar-refractivity contribution in [3.8, 4) is 0 Å². The summed E-state index contributed by atoms with van der Waals surface area (Å²) in [6, 6.07) is 21.7. The maximum atomic E-state index is 5.70. The second-order valence-corrected chi connectivity index (χ2v) is 7.23. The minimum Gasteiger partial charge on any atom is -0.326 e. The molecule has 0 aliphatic carbocycles. The van der Waals surface area contributed by atoms with Crippen molar-refractivity contribution in [1.29, 1.82) is 0 Å². The molecule has 0 bridgehead atoms. The van der Waals surface area contributed by atoms with Gasteiger partial charge in [-0.1, -0.05) is 54.6 Å². The largest absolute Gasteiger partial charge is 0.326 e. The first-order valence-electron chi connectivity index (χ1n) is 8.89. The average Bonchev–Trinajstić information content (AvgIpc) is 3.16. The highest BCUT2D eigenvalue weighted by Gasteiger charge is 2.08. The standard InChI is InChI=1S/C22H26N2S/c23-15-20-8-10-21(11-9-20)16-24(17-22-12-14-25-18-22)13-4-7-19-5-2-1-3-6-19/h1-3,5-6,8-12,14,18H,4,7,13,15-17,23H2. The molecule has 2 N–H and O–H groups in total. The third-order valence-electron chi connectivity index (χ3n) is 4.43. The van der Waals surface area contributed by atoms with Crippen LogP contribution in [0.25, 0.3) is 0 Å². The Balaban J connectivity index is 1.59. The van der Waals surface area contributed by atoms with E-state index in [4.69, 9.17) is 5.73 Å². The molecule has 0 fully saturated rings. The molecule has 0 aliphatic heterocycles. The van der Waals surface area contributed by atoms with Crippen LogP contribution >= 0.6 is 11.3 Å². The van der Waals surface area contributed by atoms with Crippen molar-refractivity contribution in [3.05, 3.63) is 93.7 Å². The lowest BCUT2D eigenvalue weighted by Crippen LogP contribution is -2.24. The molecule has 0 radical (unpaired) electrons. The molecule has 3 aromatic rings. The number of rotatable bonds is 9. The van der Waals surface area contributed by atoms with Crippen molar-refractivity contribution in [1.82, 2.24) is 4.90 Å². The maximum Gasteiger partial charge on any atom is 0.0245 e. The number of hydrogen-bond donors (Lipinski definition) is 1. The Kier molecular flexibility index (Phi) is 6.80. The third-order valence-corrected chi connectivity index (χ3v) is 5.17. The predicted molar refractivity (Wildman–Crippen MR) is 108 cm³/mol. The summed E-state index contributed by atoms with van der Waals surface area (Å²) in [5, 5.41) is 4.41. The summed E-state index contributed by atoms with van der Waals surface area (Å²) in [7, 11) is 0. The molecule has 130 valence electrons. The van der Waals surface area contributed by atoms with Gasteiger partial charge in [-0.3, -0.25) is 4.90 Å². The molecule has 25 heavy (non-hydrogen) atoms. The van der Waals surface area contributed by atoms with Gasteiger partial charge in [-0.15, -0.1) is 0 Å². The van der Waals surface area contributed by atoms with Gasteiger partial charge in [0.2, 0.25) is 0 Å². The summed E-state index contributed by atoms with van der Waals surface area (Å²) in [5.74, 6) is 0. The Bertz CT molecular complexity index is 720. The average molecular weight is 351 g/mol. The topological polar surface area (TPSA) is 29.3 Å². The zero-order valence-electron chi connectivity index (χ0n) is 14.6. The van der Waals surface area contributed by atoms with Gasteiger partial charge in [0.1, 0.15) is 0 Å². The molecular formula is C22H26N2S. The monoisotopic (exact) mass is 350 g/mol. The van der Waals surface area contributed by atoms with Crippen LogP contribution in [0, 0.1) is 0 Å². The van der Waals surface area contributed by atoms with Crippen molar-refractivity contribution < 1.29 is 0 Å². The van der Waals surface area contributed by atoms with Crippen LogP contribution in [0.2, 0.25) is 0 Å². The van der Waals surface area contributed by atoms with Gasteiger partial charge >= 0.3 is 0 Å². The molecule has 1 aromatic heterocycles. The number of benzene rings is 2. The maximum absolute atomic E-state index is 5.70. The fourth-order valence-corrected chi connectivity index (χ4v) is 3.71. The first kappa shape index (κ1) is 17.9. The molecular weight excluding hydrogens is 324 g/mol. The van der Waals surface area contributed by atoms with E-state index in [-0.39, 0.29) is 0 Å². The van der Waals surface area contributed by atoms with E-state index in [0.29, 0.717) is 6.54 Å². The second kappa shape index (κ2) is 9.52. The van der Waals surface area contributed by atoms with Crippen molar-refractivity contribution >= 4 is 11.3 Å². The van der Waals surface area contributed by atoms with Crippen LogP contribution in [0.4, 0.5) is 0 Å². The highest BCUT2D eigenvalue weighted by atomic mass is 32.1. The molecule has 0 saturated carbocycles. The summed E-state index contributed by atoms with van der Waals surface area (Å²) in [4.78, 5) is 2.54. The van der Waals surface area contributed by atoms with E-state index in [1.54, 1.807) is 11.3 Å². The molecule has 1 heterocycles. The molecule has 0 spiro atoms. The summed E-state index contributed by atoms with van der Waals surface area (Å²) < 4.78 is 0.